The van der Waals surface area contributed by atoms with Crippen LogP contribution in [-0.2, 0) is 24.8 Å². The van der Waals surface area contributed by atoms with Crippen LogP contribution in [-0.4, -0.2) is 20.7 Å². The van der Waals surface area contributed by atoms with E-state index in [0.29, 0.717) is 13.0 Å². The van der Waals surface area contributed by atoms with Crippen molar-refractivity contribution in [1.29, 1.82) is 0 Å². The summed E-state index contributed by atoms with van der Waals surface area (Å²) in [4.78, 5) is 16.1. The molecule has 0 saturated heterocycles. The fraction of sp³-hybridized carbons (Fsp3) is 0.357. The van der Waals surface area contributed by atoms with Crippen molar-refractivity contribution in [3.05, 3.63) is 47.0 Å². The Hall–Kier alpha value is -2.17. The monoisotopic (exact) mass is 258 g/mol. The minimum Gasteiger partial charge on any atom is -0.350 e. The summed E-state index contributed by atoms with van der Waals surface area (Å²) in [6.45, 7) is 4.35. The van der Waals surface area contributed by atoms with Crippen LogP contribution < -0.4 is 5.32 Å². The molecule has 2 aromatic rings. The third-order valence-corrected chi connectivity index (χ3v) is 3.19. The van der Waals surface area contributed by atoms with E-state index in [2.05, 4.69) is 15.4 Å². The fourth-order valence-electron chi connectivity index (χ4n) is 1.99. The van der Waals surface area contributed by atoms with Gasteiger partial charge in [0, 0.05) is 24.5 Å². The number of carbonyl (C=O) groups excluding carboxylic acids is 1. The molecule has 19 heavy (non-hydrogen) atoms. The molecule has 0 aliphatic rings. The van der Waals surface area contributed by atoms with Crippen LogP contribution in [0.4, 0.5) is 0 Å². The molecule has 0 aliphatic heterocycles. The second-order valence-corrected chi connectivity index (χ2v) is 4.55. The van der Waals surface area contributed by atoms with E-state index in [0.717, 1.165) is 22.6 Å². The molecular weight excluding hydrogens is 240 g/mol. The predicted octanol–water partition coefficient (Wildman–Crippen LogP) is 1.29. The number of hydrogen-bond acceptors (Lipinski definition) is 3. The molecule has 5 heteroatoms. The maximum atomic E-state index is 11.9. The molecule has 0 radical (unpaired) electrons. The molecule has 0 bridgehead atoms. The lowest BCUT2D eigenvalue weighted by Gasteiger charge is -2.05. The van der Waals surface area contributed by atoms with Gasteiger partial charge in [-0.3, -0.25) is 14.5 Å². The van der Waals surface area contributed by atoms with E-state index in [1.807, 2.05) is 39.1 Å². The number of carbonyl (C=O) groups is 1. The van der Waals surface area contributed by atoms with E-state index in [-0.39, 0.29) is 5.91 Å². The highest BCUT2D eigenvalue weighted by molar-refractivity contribution is 5.79. The first-order valence-electron chi connectivity index (χ1n) is 6.23. The highest BCUT2D eigenvalue weighted by atomic mass is 16.1. The normalized spacial score (nSPS) is 10.5. The number of aromatic nitrogens is 3. The lowest BCUT2D eigenvalue weighted by Crippen LogP contribution is -2.25. The van der Waals surface area contributed by atoms with Gasteiger partial charge in [0.2, 0.25) is 5.91 Å². The van der Waals surface area contributed by atoms with Gasteiger partial charge in [0.15, 0.2) is 0 Å². The zero-order chi connectivity index (χ0) is 13.8. The average molecular weight is 258 g/mol. The number of aryl methyl sites for hydroxylation is 2. The zero-order valence-corrected chi connectivity index (χ0v) is 11.5. The van der Waals surface area contributed by atoms with Crippen LogP contribution in [0.15, 0.2) is 24.4 Å². The first-order chi connectivity index (χ1) is 9.08. The van der Waals surface area contributed by atoms with Crippen LogP contribution in [0.25, 0.3) is 0 Å². The minimum absolute atomic E-state index is 0.00940. The van der Waals surface area contributed by atoms with Crippen molar-refractivity contribution in [2.75, 3.05) is 0 Å². The predicted molar refractivity (Wildman–Crippen MR) is 72.5 cm³/mol. The molecule has 0 aliphatic carbocycles. The summed E-state index contributed by atoms with van der Waals surface area (Å²) < 4.78 is 1.80. The summed E-state index contributed by atoms with van der Waals surface area (Å²) >= 11 is 0. The van der Waals surface area contributed by atoms with Gasteiger partial charge in [-0.25, -0.2) is 0 Å². The molecular formula is C14H18N4O. The largest absolute Gasteiger partial charge is 0.350 e. The van der Waals surface area contributed by atoms with Gasteiger partial charge in [-0.05, 0) is 26.0 Å². The molecule has 0 saturated carbocycles. The standard InChI is InChI=1S/C14H18N4O/c1-10-13(11(2)18(3)17-10)8-14(19)16-9-12-6-4-5-7-15-12/h4-7H,8-9H2,1-3H3,(H,16,19). The van der Waals surface area contributed by atoms with Crippen molar-refractivity contribution in [2.45, 2.75) is 26.8 Å². The van der Waals surface area contributed by atoms with Crippen molar-refractivity contribution in [3.63, 3.8) is 0 Å². The van der Waals surface area contributed by atoms with Crippen molar-refractivity contribution >= 4 is 5.91 Å². The Morgan fingerprint density at radius 1 is 1.37 bits per heavy atom. The van der Waals surface area contributed by atoms with Gasteiger partial charge in [0.1, 0.15) is 0 Å². The van der Waals surface area contributed by atoms with Crippen molar-refractivity contribution < 1.29 is 4.79 Å². The highest BCUT2D eigenvalue weighted by Gasteiger charge is 2.13. The third-order valence-electron chi connectivity index (χ3n) is 3.19. The van der Waals surface area contributed by atoms with Gasteiger partial charge in [0.05, 0.1) is 24.4 Å². The van der Waals surface area contributed by atoms with Gasteiger partial charge < -0.3 is 5.32 Å². The lowest BCUT2D eigenvalue weighted by atomic mass is 10.1. The highest BCUT2D eigenvalue weighted by Crippen LogP contribution is 2.12. The van der Waals surface area contributed by atoms with Crippen molar-refractivity contribution in [1.82, 2.24) is 20.1 Å². The quantitative estimate of drug-likeness (QED) is 0.899. The molecule has 100 valence electrons. The molecule has 1 N–H and O–H groups in total. The molecule has 2 aromatic heterocycles. The number of pyridine rings is 1. The van der Waals surface area contributed by atoms with Crippen LogP contribution in [0, 0.1) is 13.8 Å². The molecule has 2 rings (SSSR count). The molecule has 0 aromatic carbocycles. The second kappa shape index (κ2) is 5.65. The fourth-order valence-corrected chi connectivity index (χ4v) is 1.99. The molecule has 0 spiro atoms. The van der Waals surface area contributed by atoms with E-state index in [1.165, 1.54) is 0 Å². The Labute approximate surface area is 112 Å². The van der Waals surface area contributed by atoms with Gasteiger partial charge in [-0.15, -0.1) is 0 Å². The maximum Gasteiger partial charge on any atom is 0.224 e. The Bertz CT molecular complexity index is 575. The maximum absolute atomic E-state index is 11.9. The molecule has 0 atom stereocenters. The molecule has 0 unspecified atom stereocenters. The van der Waals surface area contributed by atoms with Crippen LogP contribution in [0.1, 0.15) is 22.6 Å². The summed E-state index contributed by atoms with van der Waals surface area (Å²) in [5, 5.41) is 7.18. The Morgan fingerprint density at radius 2 is 2.16 bits per heavy atom. The van der Waals surface area contributed by atoms with E-state index in [1.54, 1.807) is 10.9 Å². The number of amides is 1. The summed E-state index contributed by atoms with van der Waals surface area (Å²) in [6, 6.07) is 5.65. The van der Waals surface area contributed by atoms with E-state index >= 15 is 0 Å². The summed E-state index contributed by atoms with van der Waals surface area (Å²) in [5.41, 5.74) is 3.80. The van der Waals surface area contributed by atoms with Crippen LogP contribution in [0.5, 0.6) is 0 Å². The lowest BCUT2D eigenvalue weighted by molar-refractivity contribution is -0.120. The first-order valence-corrected chi connectivity index (χ1v) is 6.23. The van der Waals surface area contributed by atoms with Gasteiger partial charge >= 0.3 is 0 Å². The number of nitrogens with one attached hydrogen (secondary N) is 1. The Balaban J connectivity index is 1.95. The smallest absolute Gasteiger partial charge is 0.224 e. The first kappa shape index (κ1) is 13.3. The number of nitrogens with zero attached hydrogens (tertiary/aromatic N) is 3. The molecule has 1 amide bonds. The molecule has 2 heterocycles. The van der Waals surface area contributed by atoms with Crippen LogP contribution >= 0.6 is 0 Å². The topological polar surface area (TPSA) is 59.8 Å². The molecule has 0 fully saturated rings. The van der Waals surface area contributed by atoms with Gasteiger partial charge in [-0.1, -0.05) is 6.07 Å². The number of hydrogen-bond donors (Lipinski definition) is 1. The summed E-state index contributed by atoms with van der Waals surface area (Å²) in [5.74, 6) is -0.00940. The van der Waals surface area contributed by atoms with Gasteiger partial charge in [-0.2, -0.15) is 5.10 Å². The van der Waals surface area contributed by atoms with E-state index in [4.69, 9.17) is 0 Å². The average Bonchev–Trinajstić information content (AvgIpc) is 2.64. The summed E-state index contributed by atoms with van der Waals surface area (Å²) in [7, 11) is 1.89. The van der Waals surface area contributed by atoms with Crippen molar-refractivity contribution in [3.8, 4) is 0 Å². The Kier molecular flexibility index (Phi) is 3.94. The van der Waals surface area contributed by atoms with Gasteiger partial charge in [0.25, 0.3) is 0 Å². The zero-order valence-electron chi connectivity index (χ0n) is 11.5. The third kappa shape index (κ3) is 3.19. The second-order valence-electron chi connectivity index (χ2n) is 4.55. The Morgan fingerprint density at radius 3 is 2.74 bits per heavy atom. The van der Waals surface area contributed by atoms with Crippen molar-refractivity contribution in [2.24, 2.45) is 7.05 Å². The van der Waals surface area contributed by atoms with Crippen LogP contribution in [0.3, 0.4) is 0 Å². The van der Waals surface area contributed by atoms with Crippen LogP contribution in [0.2, 0.25) is 0 Å². The SMILES string of the molecule is Cc1nn(C)c(C)c1CC(=O)NCc1ccccn1. The van der Waals surface area contributed by atoms with E-state index < -0.39 is 0 Å². The molecule has 5 nitrogen and oxygen atoms in total. The minimum atomic E-state index is -0.00940. The number of rotatable bonds is 4. The summed E-state index contributed by atoms with van der Waals surface area (Å²) in [6.07, 6.45) is 2.08. The van der Waals surface area contributed by atoms with E-state index in [9.17, 15) is 4.79 Å².